The largest absolute Gasteiger partial charge is 0.497 e. The first-order chi connectivity index (χ1) is 9.17. The van der Waals surface area contributed by atoms with Gasteiger partial charge in [0.2, 0.25) is 5.91 Å². The van der Waals surface area contributed by atoms with Crippen LogP contribution >= 0.6 is 22.6 Å². The summed E-state index contributed by atoms with van der Waals surface area (Å²) in [6.45, 7) is 0. The number of amides is 1. The van der Waals surface area contributed by atoms with Crippen molar-refractivity contribution in [2.75, 3.05) is 12.4 Å². The highest BCUT2D eigenvalue weighted by Gasteiger charge is 2.04. The van der Waals surface area contributed by atoms with Gasteiger partial charge in [0, 0.05) is 9.26 Å². The Morgan fingerprint density at radius 1 is 1.11 bits per heavy atom. The van der Waals surface area contributed by atoms with E-state index < -0.39 is 0 Å². The highest BCUT2D eigenvalue weighted by molar-refractivity contribution is 14.1. The lowest BCUT2D eigenvalue weighted by atomic mass is 10.1. The van der Waals surface area contributed by atoms with Crippen molar-refractivity contribution >= 4 is 34.2 Å². The molecule has 0 heterocycles. The molecule has 98 valence electrons. The SMILES string of the molecule is COc1ccc(CC(=O)Nc2ccc(I)cc2)cc1. The normalized spacial score (nSPS) is 10.0. The maximum absolute atomic E-state index is 11.9. The van der Waals surface area contributed by atoms with Gasteiger partial charge in [0.1, 0.15) is 5.75 Å². The van der Waals surface area contributed by atoms with Crippen molar-refractivity contribution < 1.29 is 9.53 Å². The Hall–Kier alpha value is -1.56. The first kappa shape index (κ1) is 13.9. The molecule has 0 unspecified atom stereocenters. The van der Waals surface area contributed by atoms with E-state index >= 15 is 0 Å². The zero-order chi connectivity index (χ0) is 13.7. The van der Waals surface area contributed by atoms with Crippen LogP contribution in [0.1, 0.15) is 5.56 Å². The van der Waals surface area contributed by atoms with Crippen molar-refractivity contribution in [3.63, 3.8) is 0 Å². The van der Waals surface area contributed by atoms with Gasteiger partial charge in [-0.25, -0.2) is 0 Å². The molecule has 0 bridgehead atoms. The molecule has 0 aliphatic carbocycles. The van der Waals surface area contributed by atoms with Gasteiger partial charge in [-0.1, -0.05) is 12.1 Å². The Balaban J connectivity index is 1.95. The number of halogens is 1. The van der Waals surface area contributed by atoms with E-state index in [1.54, 1.807) is 7.11 Å². The molecule has 0 atom stereocenters. The summed E-state index contributed by atoms with van der Waals surface area (Å²) >= 11 is 2.23. The van der Waals surface area contributed by atoms with E-state index in [0.717, 1.165) is 20.6 Å². The fraction of sp³-hybridized carbons (Fsp3) is 0.133. The second-order valence-corrected chi connectivity index (χ2v) is 5.33. The van der Waals surface area contributed by atoms with E-state index in [-0.39, 0.29) is 5.91 Å². The minimum atomic E-state index is -0.0219. The van der Waals surface area contributed by atoms with Gasteiger partial charge in [-0.05, 0) is 64.6 Å². The number of benzene rings is 2. The lowest BCUT2D eigenvalue weighted by molar-refractivity contribution is -0.115. The van der Waals surface area contributed by atoms with E-state index in [1.165, 1.54) is 0 Å². The van der Waals surface area contributed by atoms with E-state index in [0.29, 0.717) is 6.42 Å². The molecule has 0 saturated carbocycles. The third-order valence-corrected chi connectivity index (χ3v) is 3.37. The third kappa shape index (κ3) is 4.24. The Morgan fingerprint density at radius 3 is 2.32 bits per heavy atom. The van der Waals surface area contributed by atoms with Crippen LogP contribution in [-0.4, -0.2) is 13.0 Å². The van der Waals surface area contributed by atoms with Crippen molar-refractivity contribution in [1.29, 1.82) is 0 Å². The third-order valence-electron chi connectivity index (χ3n) is 2.65. The zero-order valence-electron chi connectivity index (χ0n) is 10.5. The van der Waals surface area contributed by atoms with Crippen LogP contribution in [0.25, 0.3) is 0 Å². The number of ether oxygens (including phenoxy) is 1. The van der Waals surface area contributed by atoms with Gasteiger partial charge < -0.3 is 10.1 Å². The van der Waals surface area contributed by atoms with Crippen LogP contribution in [0.15, 0.2) is 48.5 Å². The summed E-state index contributed by atoms with van der Waals surface area (Å²) in [4.78, 5) is 11.9. The molecule has 0 aliphatic heterocycles. The standard InChI is InChI=1S/C15H14INO2/c1-19-14-8-2-11(3-9-14)10-15(18)17-13-6-4-12(16)5-7-13/h2-9H,10H2,1H3,(H,17,18). The van der Waals surface area contributed by atoms with Crippen molar-refractivity contribution in [2.24, 2.45) is 0 Å². The summed E-state index contributed by atoms with van der Waals surface area (Å²) in [5.74, 6) is 0.771. The summed E-state index contributed by atoms with van der Waals surface area (Å²) in [5, 5.41) is 2.87. The molecular weight excluding hydrogens is 353 g/mol. The monoisotopic (exact) mass is 367 g/mol. The molecule has 3 nitrogen and oxygen atoms in total. The number of carbonyl (C=O) groups excluding carboxylic acids is 1. The Labute approximate surface area is 126 Å². The topological polar surface area (TPSA) is 38.3 Å². The summed E-state index contributed by atoms with van der Waals surface area (Å²) in [6.07, 6.45) is 0.357. The molecule has 0 radical (unpaired) electrons. The van der Waals surface area contributed by atoms with Crippen LogP contribution in [-0.2, 0) is 11.2 Å². The smallest absolute Gasteiger partial charge is 0.228 e. The summed E-state index contributed by atoms with van der Waals surface area (Å²) in [7, 11) is 1.62. The molecule has 1 N–H and O–H groups in total. The first-order valence-electron chi connectivity index (χ1n) is 5.86. The molecule has 0 aliphatic rings. The fourth-order valence-corrected chi connectivity index (χ4v) is 2.03. The summed E-state index contributed by atoms with van der Waals surface area (Å²) < 4.78 is 6.22. The highest BCUT2D eigenvalue weighted by Crippen LogP contribution is 2.14. The van der Waals surface area contributed by atoms with Gasteiger partial charge in [-0.3, -0.25) is 4.79 Å². The minimum Gasteiger partial charge on any atom is -0.497 e. The summed E-state index contributed by atoms with van der Waals surface area (Å²) in [6, 6.07) is 15.2. The molecule has 0 aromatic heterocycles. The van der Waals surface area contributed by atoms with Gasteiger partial charge in [0.25, 0.3) is 0 Å². The molecule has 0 saturated heterocycles. The molecule has 2 rings (SSSR count). The van der Waals surface area contributed by atoms with E-state index in [2.05, 4.69) is 27.9 Å². The Morgan fingerprint density at radius 2 is 1.74 bits per heavy atom. The molecule has 0 fully saturated rings. The molecular formula is C15H14INO2. The van der Waals surface area contributed by atoms with Gasteiger partial charge in [0.15, 0.2) is 0 Å². The molecule has 4 heteroatoms. The predicted octanol–water partition coefficient (Wildman–Crippen LogP) is 3.48. The second-order valence-electron chi connectivity index (χ2n) is 4.08. The fourth-order valence-electron chi connectivity index (χ4n) is 1.67. The van der Waals surface area contributed by atoms with Crippen LogP contribution < -0.4 is 10.1 Å². The van der Waals surface area contributed by atoms with Gasteiger partial charge in [0.05, 0.1) is 13.5 Å². The van der Waals surface area contributed by atoms with Crippen LogP contribution in [0, 0.1) is 3.57 Å². The van der Waals surface area contributed by atoms with Crippen LogP contribution in [0.3, 0.4) is 0 Å². The molecule has 2 aromatic rings. The first-order valence-corrected chi connectivity index (χ1v) is 6.93. The van der Waals surface area contributed by atoms with Crippen molar-refractivity contribution in [3.05, 3.63) is 57.7 Å². The van der Waals surface area contributed by atoms with Crippen LogP contribution in [0.4, 0.5) is 5.69 Å². The van der Waals surface area contributed by atoms with Crippen LogP contribution in [0.5, 0.6) is 5.75 Å². The summed E-state index contributed by atoms with van der Waals surface area (Å²) in [5.41, 5.74) is 1.78. The zero-order valence-corrected chi connectivity index (χ0v) is 12.7. The number of nitrogens with one attached hydrogen (secondary N) is 1. The Bertz CT molecular complexity index is 549. The van der Waals surface area contributed by atoms with Crippen LogP contribution in [0.2, 0.25) is 0 Å². The number of hydrogen-bond acceptors (Lipinski definition) is 2. The van der Waals surface area contributed by atoms with Gasteiger partial charge >= 0.3 is 0 Å². The minimum absolute atomic E-state index is 0.0219. The lowest BCUT2D eigenvalue weighted by Crippen LogP contribution is -2.14. The van der Waals surface area contributed by atoms with E-state index in [1.807, 2.05) is 48.5 Å². The number of carbonyl (C=O) groups is 1. The maximum Gasteiger partial charge on any atom is 0.228 e. The second kappa shape index (κ2) is 6.56. The lowest BCUT2D eigenvalue weighted by Gasteiger charge is -2.06. The number of rotatable bonds is 4. The number of anilines is 1. The van der Waals surface area contributed by atoms with E-state index in [4.69, 9.17) is 4.74 Å². The Kier molecular flexibility index (Phi) is 4.79. The van der Waals surface area contributed by atoms with Gasteiger partial charge in [-0.2, -0.15) is 0 Å². The van der Waals surface area contributed by atoms with Crippen molar-refractivity contribution in [3.8, 4) is 5.75 Å². The highest BCUT2D eigenvalue weighted by atomic mass is 127. The molecule has 2 aromatic carbocycles. The van der Waals surface area contributed by atoms with Crippen molar-refractivity contribution in [2.45, 2.75) is 6.42 Å². The predicted molar refractivity (Wildman–Crippen MR) is 84.5 cm³/mol. The molecule has 1 amide bonds. The van der Waals surface area contributed by atoms with E-state index in [9.17, 15) is 4.79 Å². The molecule has 19 heavy (non-hydrogen) atoms. The number of hydrogen-bond donors (Lipinski definition) is 1. The van der Waals surface area contributed by atoms with Crippen molar-refractivity contribution in [1.82, 2.24) is 0 Å². The average Bonchev–Trinajstić information content (AvgIpc) is 2.42. The molecule has 0 spiro atoms. The maximum atomic E-state index is 11.9. The number of methoxy groups -OCH3 is 1. The quantitative estimate of drug-likeness (QED) is 0.841. The van der Waals surface area contributed by atoms with Gasteiger partial charge in [-0.15, -0.1) is 0 Å². The average molecular weight is 367 g/mol.